The topological polar surface area (TPSA) is 0 Å². The fourth-order valence-electron chi connectivity index (χ4n) is 4.57. The van der Waals surface area contributed by atoms with E-state index in [4.69, 9.17) is 0 Å². The average molecular weight is 190 g/mol. The van der Waals surface area contributed by atoms with Crippen molar-refractivity contribution in [1.29, 1.82) is 0 Å². The molecule has 0 amide bonds. The largest absolute Gasteiger partial charge is 0.0996 e. The van der Waals surface area contributed by atoms with Crippen molar-refractivity contribution in [3.8, 4) is 0 Å². The lowest BCUT2D eigenvalue weighted by Gasteiger charge is -2.21. The zero-order chi connectivity index (χ0) is 9.92. The molecule has 0 saturated heterocycles. The van der Waals surface area contributed by atoms with E-state index in [1.165, 1.54) is 32.1 Å². The summed E-state index contributed by atoms with van der Waals surface area (Å²) in [6.07, 6.45) is 7.25. The smallest absolute Gasteiger partial charge is 0.0141 e. The second kappa shape index (κ2) is 2.65. The summed E-state index contributed by atoms with van der Waals surface area (Å²) in [4.78, 5) is 0. The third kappa shape index (κ3) is 1.00. The summed E-state index contributed by atoms with van der Waals surface area (Å²) in [6, 6.07) is 0. The summed E-state index contributed by atoms with van der Waals surface area (Å²) >= 11 is 0. The highest BCUT2D eigenvalue weighted by Crippen LogP contribution is 2.69. The second-order valence-corrected chi connectivity index (χ2v) is 6.37. The molecule has 4 atom stereocenters. The summed E-state index contributed by atoms with van der Waals surface area (Å²) in [5, 5.41) is 0. The molecule has 0 N–H and O–H groups in total. The highest BCUT2D eigenvalue weighted by atomic mass is 14.7. The van der Waals surface area contributed by atoms with Crippen molar-refractivity contribution in [2.24, 2.45) is 29.1 Å². The monoisotopic (exact) mass is 190 g/mol. The number of hydrogen-bond donors (Lipinski definition) is 0. The van der Waals surface area contributed by atoms with Crippen molar-refractivity contribution < 1.29 is 0 Å². The number of hydrogen-bond acceptors (Lipinski definition) is 0. The Morgan fingerprint density at radius 3 is 2.79 bits per heavy atom. The van der Waals surface area contributed by atoms with E-state index in [1.54, 1.807) is 5.57 Å². The van der Waals surface area contributed by atoms with E-state index >= 15 is 0 Å². The lowest BCUT2D eigenvalue weighted by Crippen LogP contribution is -2.13. The van der Waals surface area contributed by atoms with Gasteiger partial charge in [0.15, 0.2) is 0 Å². The lowest BCUT2D eigenvalue weighted by atomic mass is 9.84. The van der Waals surface area contributed by atoms with Gasteiger partial charge in [0.05, 0.1) is 0 Å². The summed E-state index contributed by atoms with van der Waals surface area (Å²) < 4.78 is 0. The zero-order valence-electron chi connectivity index (χ0n) is 9.55. The van der Waals surface area contributed by atoms with Crippen molar-refractivity contribution in [1.82, 2.24) is 0 Å². The van der Waals surface area contributed by atoms with E-state index in [-0.39, 0.29) is 0 Å². The first-order valence-electron chi connectivity index (χ1n) is 6.30. The van der Waals surface area contributed by atoms with Gasteiger partial charge in [-0.1, -0.05) is 32.4 Å². The van der Waals surface area contributed by atoms with Crippen molar-refractivity contribution in [2.45, 2.75) is 46.0 Å². The minimum atomic E-state index is 0.649. The van der Waals surface area contributed by atoms with Gasteiger partial charge in [-0.3, -0.25) is 0 Å². The molecule has 0 radical (unpaired) electrons. The van der Waals surface area contributed by atoms with Gasteiger partial charge in [0, 0.05) is 0 Å². The van der Waals surface area contributed by atoms with Crippen molar-refractivity contribution in [3.05, 3.63) is 12.2 Å². The molecule has 3 aliphatic carbocycles. The van der Waals surface area contributed by atoms with Crippen molar-refractivity contribution in [2.75, 3.05) is 0 Å². The Kier molecular flexibility index (Phi) is 1.70. The molecule has 3 aliphatic rings. The van der Waals surface area contributed by atoms with E-state index < -0.39 is 0 Å². The predicted octanol–water partition coefficient (Wildman–Crippen LogP) is 4.02. The first kappa shape index (κ1) is 9.00. The predicted molar refractivity (Wildman–Crippen MR) is 60.0 cm³/mol. The molecule has 4 unspecified atom stereocenters. The Bertz CT molecular complexity index is 274. The minimum Gasteiger partial charge on any atom is -0.0996 e. The Morgan fingerprint density at radius 1 is 1.21 bits per heavy atom. The summed E-state index contributed by atoms with van der Waals surface area (Å²) in [5.41, 5.74) is 2.24. The summed E-state index contributed by atoms with van der Waals surface area (Å²) in [7, 11) is 0. The highest BCUT2D eigenvalue weighted by molar-refractivity contribution is 5.21. The molecule has 3 fully saturated rings. The molecule has 0 aliphatic heterocycles. The Labute approximate surface area is 87.8 Å². The molecule has 0 aromatic rings. The van der Waals surface area contributed by atoms with Gasteiger partial charge in [-0.15, -0.1) is 0 Å². The van der Waals surface area contributed by atoms with Crippen molar-refractivity contribution in [3.63, 3.8) is 0 Å². The molecule has 0 nitrogen and oxygen atoms in total. The molecule has 0 aromatic heterocycles. The Hall–Kier alpha value is -0.260. The van der Waals surface area contributed by atoms with Crippen LogP contribution in [0, 0.1) is 29.1 Å². The summed E-state index contributed by atoms with van der Waals surface area (Å²) in [6.45, 7) is 9.29. The molecule has 14 heavy (non-hydrogen) atoms. The zero-order valence-corrected chi connectivity index (χ0v) is 9.55. The van der Waals surface area contributed by atoms with Crippen LogP contribution in [0.2, 0.25) is 0 Å². The third-order valence-corrected chi connectivity index (χ3v) is 5.43. The maximum atomic E-state index is 4.32. The van der Waals surface area contributed by atoms with Crippen LogP contribution in [0.4, 0.5) is 0 Å². The van der Waals surface area contributed by atoms with Gasteiger partial charge >= 0.3 is 0 Å². The van der Waals surface area contributed by atoms with Crippen LogP contribution in [-0.2, 0) is 0 Å². The molecule has 3 rings (SSSR count). The number of fused-ring (bicyclic) bond motifs is 3. The van der Waals surface area contributed by atoms with Gasteiger partial charge in [0.25, 0.3) is 0 Å². The van der Waals surface area contributed by atoms with Crippen LogP contribution in [0.5, 0.6) is 0 Å². The molecule has 0 aromatic carbocycles. The maximum absolute atomic E-state index is 4.32. The number of allylic oxidation sites excluding steroid dienone is 1. The van der Waals surface area contributed by atoms with Gasteiger partial charge in [-0.25, -0.2) is 0 Å². The highest BCUT2D eigenvalue weighted by Gasteiger charge is 2.63. The Morgan fingerprint density at radius 2 is 2.00 bits per heavy atom. The number of rotatable bonds is 0. The van der Waals surface area contributed by atoms with Crippen LogP contribution in [0.25, 0.3) is 0 Å². The molecule has 0 spiro atoms. The maximum Gasteiger partial charge on any atom is -0.0141 e. The van der Waals surface area contributed by atoms with E-state index in [0.29, 0.717) is 5.41 Å². The van der Waals surface area contributed by atoms with Crippen molar-refractivity contribution >= 4 is 0 Å². The molecular formula is C14H22. The summed E-state index contributed by atoms with van der Waals surface area (Å²) in [5.74, 6) is 3.97. The van der Waals surface area contributed by atoms with Gasteiger partial charge in [-0.05, 0) is 54.8 Å². The molecule has 78 valence electrons. The van der Waals surface area contributed by atoms with Gasteiger partial charge in [0.2, 0.25) is 0 Å². The van der Waals surface area contributed by atoms with Crippen LogP contribution in [0.3, 0.4) is 0 Å². The van der Waals surface area contributed by atoms with Crippen LogP contribution < -0.4 is 0 Å². The van der Waals surface area contributed by atoms with Gasteiger partial charge in [0.1, 0.15) is 0 Å². The molecule has 0 heterocycles. The fraction of sp³-hybridized carbons (Fsp3) is 0.857. The SMILES string of the molecule is C=C1CCC2CCCC3C(C12)C3(C)C. The molecule has 0 heteroatoms. The van der Waals surface area contributed by atoms with E-state index in [0.717, 1.165) is 23.7 Å². The van der Waals surface area contributed by atoms with Crippen LogP contribution in [0.15, 0.2) is 12.2 Å². The minimum absolute atomic E-state index is 0.649. The first-order valence-corrected chi connectivity index (χ1v) is 6.30. The first-order chi connectivity index (χ1) is 6.62. The van der Waals surface area contributed by atoms with Gasteiger partial charge in [-0.2, -0.15) is 0 Å². The average Bonchev–Trinajstić information content (AvgIpc) is 2.57. The molecule has 3 saturated carbocycles. The standard InChI is InChI=1S/C14H22/c1-9-7-8-10-5-4-6-11-13(12(9)10)14(11,2)3/h10-13H,1,4-8H2,2-3H3. The van der Waals surface area contributed by atoms with E-state index in [9.17, 15) is 0 Å². The lowest BCUT2D eigenvalue weighted by molar-refractivity contribution is 0.325. The van der Waals surface area contributed by atoms with Crippen LogP contribution in [0.1, 0.15) is 46.0 Å². The van der Waals surface area contributed by atoms with Crippen LogP contribution in [-0.4, -0.2) is 0 Å². The van der Waals surface area contributed by atoms with E-state index in [2.05, 4.69) is 20.4 Å². The molecular weight excluding hydrogens is 168 g/mol. The van der Waals surface area contributed by atoms with Gasteiger partial charge < -0.3 is 0 Å². The third-order valence-electron chi connectivity index (χ3n) is 5.43. The Balaban J connectivity index is 1.91. The normalized spacial score (nSPS) is 49.4. The fourth-order valence-corrected chi connectivity index (χ4v) is 4.57. The molecule has 0 bridgehead atoms. The second-order valence-electron chi connectivity index (χ2n) is 6.37. The van der Waals surface area contributed by atoms with E-state index in [1.807, 2.05) is 0 Å². The van der Waals surface area contributed by atoms with Crippen LogP contribution >= 0.6 is 0 Å². The quantitative estimate of drug-likeness (QED) is 0.506.